The largest absolute Gasteiger partial charge is 0.497 e. The third-order valence-electron chi connectivity index (χ3n) is 5.16. The van der Waals surface area contributed by atoms with Crippen LogP contribution in [-0.2, 0) is 6.42 Å². The zero-order valence-corrected chi connectivity index (χ0v) is 17.2. The van der Waals surface area contributed by atoms with Crippen LogP contribution >= 0.6 is 0 Å². The highest BCUT2D eigenvalue weighted by Crippen LogP contribution is 2.17. The Morgan fingerprint density at radius 1 is 0.966 bits per heavy atom. The number of hydrogen-bond donors (Lipinski definition) is 1. The molecular weight excluding hydrogens is 366 g/mol. The van der Waals surface area contributed by atoms with Crippen molar-refractivity contribution in [3.05, 3.63) is 60.2 Å². The lowest BCUT2D eigenvalue weighted by Gasteiger charge is -2.34. The lowest BCUT2D eigenvalue weighted by atomic mass is 10.1. The third kappa shape index (κ3) is 6.98. The Labute approximate surface area is 173 Å². The van der Waals surface area contributed by atoms with Crippen molar-refractivity contribution < 1.29 is 14.3 Å². The van der Waals surface area contributed by atoms with Gasteiger partial charge in [-0.1, -0.05) is 30.3 Å². The number of nitrogens with one attached hydrogen (secondary N) is 1. The summed E-state index contributed by atoms with van der Waals surface area (Å²) >= 11 is 0. The molecule has 29 heavy (non-hydrogen) atoms. The molecular formula is C23H31N3O3. The molecule has 2 amide bonds. The predicted octanol–water partition coefficient (Wildman–Crippen LogP) is 3.03. The Morgan fingerprint density at radius 2 is 1.66 bits per heavy atom. The van der Waals surface area contributed by atoms with Crippen molar-refractivity contribution in [1.29, 1.82) is 0 Å². The van der Waals surface area contributed by atoms with E-state index in [1.165, 1.54) is 5.56 Å². The van der Waals surface area contributed by atoms with Gasteiger partial charge in [-0.15, -0.1) is 0 Å². The number of hydrogen-bond acceptors (Lipinski definition) is 4. The Morgan fingerprint density at radius 3 is 2.34 bits per heavy atom. The summed E-state index contributed by atoms with van der Waals surface area (Å²) < 4.78 is 10.9. The topological polar surface area (TPSA) is 54.0 Å². The van der Waals surface area contributed by atoms with E-state index in [-0.39, 0.29) is 6.03 Å². The molecule has 0 radical (unpaired) electrons. The molecule has 0 aliphatic carbocycles. The molecule has 0 aromatic heterocycles. The maximum atomic E-state index is 12.3. The maximum Gasteiger partial charge on any atom is 0.317 e. The quantitative estimate of drug-likeness (QED) is 0.661. The summed E-state index contributed by atoms with van der Waals surface area (Å²) in [4.78, 5) is 16.6. The number of aryl methyl sites for hydroxylation is 1. The number of methoxy groups -OCH3 is 1. The van der Waals surface area contributed by atoms with Crippen LogP contribution in [-0.4, -0.2) is 68.8 Å². The number of ether oxygens (including phenoxy) is 2. The number of carbonyl (C=O) groups excluding carboxylic acids is 1. The number of piperazine rings is 1. The van der Waals surface area contributed by atoms with Crippen LogP contribution in [0.25, 0.3) is 0 Å². The second kappa shape index (κ2) is 11.3. The maximum absolute atomic E-state index is 12.3. The number of rotatable bonds is 9. The van der Waals surface area contributed by atoms with Gasteiger partial charge >= 0.3 is 6.03 Å². The minimum absolute atomic E-state index is 0.0483. The Bertz CT molecular complexity index is 729. The van der Waals surface area contributed by atoms with Gasteiger partial charge in [-0.2, -0.15) is 0 Å². The number of benzene rings is 2. The van der Waals surface area contributed by atoms with Crippen molar-refractivity contribution in [2.45, 2.75) is 12.8 Å². The molecule has 1 aliphatic heterocycles. The molecule has 1 N–H and O–H groups in total. The van der Waals surface area contributed by atoms with E-state index in [0.29, 0.717) is 13.2 Å². The molecule has 2 aromatic carbocycles. The minimum atomic E-state index is 0.0483. The summed E-state index contributed by atoms with van der Waals surface area (Å²) in [7, 11) is 1.65. The second-order valence-corrected chi connectivity index (χ2v) is 7.17. The zero-order valence-electron chi connectivity index (χ0n) is 17.2. The van der Waals surface area contributed by atoms with Gasteiger partial charge in [0.2, 0.25) is 0 Å². The number of carbonyl (C=O) groups is 1. The van der Waals surface area contributed by atoms with E-state index in [4.69, 9.17) is 9.47 Å². The molecule has 0 bridgehead atoms. The molecule has 156 valence electrons. The van der Waals surface area contributed by atoms with Crippen molar-refractivity contribution >= 4 is 6.03 Å². The highest BCUT2D eigenvalue weighted by molar-refractivity contribution is 5.74. The molecule has 6 nitrogen and oxygen atoms in total. The summed E-state index contributed by atoms with van der Waals surface area (Å²) in [5.74, 6) is 1.67. The average Bonchev–Trinajstić information content (AvgIpc) is 2.78. The number of nitrogens with zero attached hydrogens (tertiary/aromatic N) is 2. The van der Waals surface area contributed by atoms with E-state index >= 15 is 0 Å². The molecule has 1 heterocycles. The first-order valence-corrected chi connectivity index (χ1v) is 10.3. The lowest BCUT2D eigenvalue weighted by molar-refractivity contribution is 0.126. The standard InChI is InChI=1S/C23H31N3O3/c1-28-21-9-11-22(12-10-21)29-19-18-25-14-16-26(17-15-25)23(27)24-13-5-8-20-6-3-2-4-7-20/h2-4,6-7,9-12H,5,8,13-19H2,1H3,(H,24,27). The van der Waals surface area contributed by atoms with E-state index < -0.39 is 0 Å². The molecule has 6 heteroatoms. The molecule has 1 aliphatic rings. The van der Waals surface area contributed by atoms with Crippen LogP contribution in [0, 0.1) is 0 Å². The van der Waals surface area contributed by atoms with Crippen molar-refractivity contribution in [3.63, 3.8) is 0 Å². The van der Waals surface area contributed by atoms with Gasteiger partial charge in [0.25, 0.3) is 0 Å². The second-order valence-electron chi connectivity index (χ2n) is 7.17. The zero-order chi connectivity index (χ0) is 20.3. The average molecular weight is 398 g/mol. The van der Waals surface area contributed by atoms with Gasteiger partial charge in [0, 0.05) is 39.3 Å². The van der Waals surface area contributed by atoms with Crippen LogP contribution < -0.4 is 14.8 Å². The van der Waals surface area contributed by atoms with E-state index in [1.807, 2.05) is 35.2 Å². The Balaban J connectivity index is 1.26. The highest BCUT2D eigenvalue weighted by atomic mass is 16.5. The summed E-state index contributed by atoms with van der Waals surface area (Å²) in [5.41, 5.74) is 1.31. The van der Waals surface area contributed by atoms with Gasteiger partial charge in [-0.05, 0) is 42.7 Å². The highest BCUT2D eigenvalue weighted by Gasteiger charge is 2.20. The van der Waals surface area contributed by atoms with E-state index in [9.17, 15) is 4.79 Å². The summed E-state index contributed by atoms with van der Waals surface area (Å²) in [5, 5.41) is 3.05. The number of amides is 2. The van der Waals surface area contributed by atoms with E-state index in [2.05, 4.69) is 34.5 Å². The first kappa shape index (κ1) is 21.0. The number of urea groups is 1. The van der Waals surface area contributed by atoms with E-state index in [1.54, 1.807) is 7.11 Å². The van der Waals surface area contributed by atoms with Crippen molar-refractivity contribution in [2.75, 3.05) is 53.0 Å². The predicted molar refractivity (Wildman–Crippen MR) is 115 cm³/mol. The van der Waals surface area contributed by atoms with Gasteiger partial charge in [0.05, 0.1) is 7.11 Å². The van der Waals surface area contributed by atoms with Crippen LogP contribution in [0.3, 0.4) is 0 Å². The fourth-order valence-electron chi connectivity index (χ4n) is 3.38. The van der Waals surface area contributed by atoms with Gasteiger partial charge < -0.3 is 19.7 Å². The van der Waals surface area contributed by atoms with Gasteiger partial charge in [-0.3, -0.25) is 4.90 Å². The molecule has 0 spiro atoms. The minimum Gasteiger partial charge on any atom is -0.497 e. The fourth-order valence-corrected chi connectivity index (χ4v) is 3.38. The van der Waals surface area contributed by atoms with Crippen molar-refractivity contribution in [1.82, 2.24) is 15.1 Å². The Hall–Kier alpha value is -2.73. The normalized spacial score (nSPS) is 14.4. The summed E-state index contributed by atoms with van der Waals surface area (Å²) in [6.45, 7) is 5.48. The Kier molecular flexibility index (Phi) is 8.19. The van der Waals surface area contributed by atoms with Crippen LogP contribution in [0.15, 0.2) is 54.6 Å². The molecule has 0 unspecified atom stereocenters. The van der Waals surface area contributed by atoms with Crippen molar-refractivity contribution in [2.24, 2.45) is 0 Å². The SMILES string of the molecule is COc1ccc(OCCN2CCN(C(=O)NCCCc3ccccc3)CC2)cc1. The van der Waals surface area contributed by atoms with Crippen molar-refractivity contribution in [3.8, 4) is 11.5 Å². The smallest absolute Gasteiger partial charge is 0.317 e. The van der Waals surface area contributed by atoms with Gasteiger partial charge in [-0.25, -0.2) is 4.79 Å². The molecule has 0 saturated carbocycles. The van der Waals surface area contributed by atoms with Gasteiger partial charge in [0.15, 0.2) is 0 Å². The fraction of sp³-hybridized carbons (Fsp3) is 0.435. The van der Waals surface area contributed by atoms with Crippen LogP contribution in [0.2, 0.25) is 0 Å². The first-order chi connectivity index (χ1) is 14.2. The van der Waals surface area contributed by atoms with Crippen LogP contribution in [0.5, 0.6) is 11.5 Å². The first-order valence-electron chi connectivity index (χ1n) is 10.3. The van der Waals surface area contributed by atoms with Crippen LogP contribution in [0.4, 0.5) is 4.79 Å². The third-order valence-corrected chi connectivity index (χ3v) is 5.16. The van der Waals surface area contributed by atoms with E-state index in [0.717, 1.165) is 57.1 Å². The summed E-state index contributed by atoms with van der Waals surface area (Å²) in [6.07, 6.45) is 1.95. The van der Waals surface area contributed by atoms with Gasteiger partial charge in [0.1, 0.15) is 18.1 Å². The molecule has 1 saturated heterocycles. The molecule has 1 fully saturated rings. The molecule has 3 rings (SSSR count). The monoisotopic (exact) mass is 397 g/mol. The summed E-state index contributed by atoms with van der Waals surface area (Å²) in [6, 6.07) is 18.0. The van der Waals surface area contributed by atoms with Crippen LogP contribution in [0.1, 0.15) is 12.0 Å². The molecule has 0 atom stereocenters. The molecule has 2 aromatic rings. The lowest BCUT2D eigenvalue weighted by Crippen LogP contribution is -2.52.